The smallest absolute Gasteiger partial charge is 0.333 e. The predicted molar refractivity (Wildman–Crippen MR) is 186 cm³/mol. The molecule has 0 aliphatic carbocycles. The molecule has 0 unspecified atom stereocenters. The Morgan fingerprint density at radius 2 is 0.816 bits per heavy atom. The summed E-state index contributed by atoms with van der Waals surface area (Å²) in [6, 6.07) is 0. The fourth-order valence-corrected chi connectivity index (χ4v) is 2.08. The van der Waals surface area contributed by atoms with Gasteiger partial charge in [0.2, 0.25) is 0 Å². The molecule has 0 amide bonds. The van der Waals surface area contributed by atoms with Crippen molar-refractivity contribution in [2.75, 3.05) is 39.6 Å². The Morgan fingerprint density at radius 1 is 0.551 bits per heavy atom. The molecule has 0 aromatic rings. The van der Waals surface area contributed by atoms with Gasteiger partial charge in [0.25, 0.3) is 0 Å². The van der Waals surface area contributed by atoms with Crippen LogP contribution >= 0.6 is 0 Å². The number of hydrogen-bond donors (Lipinski definition) is 2. The van der Waals surface area contributed by atoms with Crippen LogP contribution < -0.4 is 0 Å². The van der Waals surface area contributed by atoms with E-state index in [1.54, 1.807) is 13.8 Å². The Morgan fingerprint density at radius 3 is 1.02 bits per heavy atom. The van der Waals surface area contributed by atoms with Gasteiger partial charge in [0.05, 0.1) is 18.6 Å². The first-order valence-electron chi connectivity index (χ1n) is 15.0. The molecule has 13 nitrogen and oxygen atoms in total. The Labute approximate surface area is 291 Å². The van der Waals surface area contributed by atoms with E-state index in [1.807, 2.05) is 20.8 Å². The summed E-state index contributed by atoms with van der Waals surface area (Å²) in [6.07, 6.45) is 0.448. The minimum Gasteiger partial charge on any atom is -0.478 e. The lowest BCUT2D eigenvalue weighted by Gasteiger charge is -2.31. The fraction of sp³-hybridized carbons (Fsp3) is 0.500. The molecular formula is C36H56O13. The quantitative estimate of drug-likeness (QED) is 0.114. The summed E-state index contributed by atoms with van der Waals surface area (Å²) in [5.74, 6) is -2.99. The van der Waals surface area contributed by atoms with E-state index in [-0.39, 0.29) is 61.3 Å². The van der Waals surface area contributed by atoms with Gasteiger partial charge in [0, 0.05) is 33.4 Å². The number of carboxylic acids is 1. The maximum Gasteiger partial charge on any atom is 0.333 e. The number of ether oxygens (including phenoxy) is 5. The summed E-state index contributed by atoms with van der Waals surface area (Å²) in [6.45, 7) is 35.7. The largest absolute Gasteiger partial charge is 0.478 e. The molecule has 0 spiro atoms. The highest BCUT2D eigenvalue weighted by molar-refractivity contribution is 5.88. The highest BCUT2D eigenvalue weighted by Gasteiger charge is 2.34. The van der Waals surface area contributed by atoms with Gasteiger partial charge in [-0.3, -0.25) is 0 Å². The van der Waals surface area contributed by atoms with Gasteiger partial charge in [-0.25, -0.2) is 28.8 Å². The molecule has 0 radical (unpaired) electrons. The van der Waals surface area contributed by atoms with Gasteiger partial charge in [-0.1, -0.05) is 60.2 Å². The Balaban J connectivity index is -0.000000330. The van der Waals surface area contributed by atoms with Crippen LogP contribution in [0, 0.1) is 11.3 Å². The molecule has 0 saturated heterocycles. The number of carbonyl (C=O) groups excluding carboxylic acids is 5. The van der Waals surface area contributed by atoms with Gasteiger partial charge < -0.3 is 33.9 Å². The number of carbonyl (C=O) groups is 6. The van der Waals surface area contributed by atoms with E-state index in [1.165, 1.54) is 27.7 Å². The first-order valence-corrected chi connectivity index (χ1v) is 15.0. The van der Waals surface area contributed by atoms with Gasteiger partial charge in [-0.2, -0.15) is 0 Å². The third-order valence-corrected chi connectivity index (χ3v) is 5.26. The molecule has 49 heavy (non-hydrogen) atoms. The van der Waals surface area contributed by atoms with Crippen LogP contribution in [-0.2, 0) is 52.5 Å². The molecule has 0 fully saturated rings. The van der Waals surface area contributed by atoms with E-state index in [4.69, 9.17) is 29.2 Å². The lowest BCUT2D eigenvalue weighted by atomic mass is 9.88. The molecule has 0 heterocycles. The van der Waals surface area contributed by atoms with Crippen molar-refractivity contribution in [2.24, 2.45) is 11.3 Å². The zero-order valence-corrected chi connectivity index (χ0v) is 30.7. The number of hydrogen-bond acceptors (Lipinski definition) is 12. The van der Waals surface area contributed by atoms with Crippen molar-refractivity contribution in [3.05, 3.63) is 72.9 Å². The van der Waals surface area contributed by atoms with Crippen molar-refractivity contribution in [2.45, 2.75) is 68.7 Å². The van der Waals surface area contributed by atoms with E-state index < -0.39 is 35.3 Å². The van der Waals surface area contributed by atoms with Crippen molar-refractivity contribution >= 4 is 35.8 Å². The van der Waals surface area contributed by atoms with Gasteiger partial charge in [-0.15, -0.1) is 0 Å². The molecule has 13 heteroatoms. The Bertz CT molecular complexity index is 1120. The standard InChI is InChI=1S/C18H26O6.C8H14O2.C6H10O3.C4H6O2/c1-8-18(9-22-15(19)12(2)3,10-23-16(20)13(4)5)11-24-17(21)14(6)7;1-6(2)5-10-8(9)7(3)4;1-5(2)6(8)9-4-3-7;1-3(2)4(5)6/h2,4,6,8-11H2,1,3,5,7H3;6H,3,5H2,1-2,4H3;7H,1,3-4H2,2H3;1H2,2H3,(H,5,6). The highest BCUT2D eigenvalue weighted by atomic mass is 16.6. The van der Waals surface area contributed by atoms with E-state index in [2.05, 4.69) is 44.2 Å². The maximum atomic E-state index is 11.6. The monoisotopic (exact) mass is 696 g/mol. The number of carboxylic acid groups (broad SMARTS) is 1. The predicted octanol–water partition coefficient (Wildman–Crippen LogP) is 5.25. The molecule has 0 rings (SSSR count). The average molecular weight is 697 g/mol. The second-order valence-electron chi connectivity index (χ2n) is 11.4. The minimum atomic E-state index is -0.935. The number of aliphatic hydroxyl groups is 1. The van der Waals surface area contributed by atoms with E-state index >= 15 is 0 Å². The van der Waals surface area contributed by atoms with Crippen LogP contribution in [0.1, 0.15) is 68.7 Å². The van der Waals surface area contributed by atoms with Gasteiger partial charge in [-0.05, 0) is 53.9 Å². The summed E-state index contributed by atoms with van der Waals surface area (Å²) in [4.78, 5) is 65.7. The molecule has 2 N–H and O–H groups in total. The molecule has 0 saturated carbocycles. The van der Waals surface area contributed by atoms with E-state index in [0.29, 0.717) is 30.1 Å². The van der Waals surface area contributed by atoms with Crippen molar-refractivity contribution in [1.29, 1.82) is 0 Å². The van der Waals surface area contributed by atoms with E-state index in [0.717, 1.165) is 0 Å². The molecule has 0 aromatic carbocycles. The van der Waals surface area contributed by atoms with Crippen LogP contribution in [0.4, 0.5) is 0 Å². The molecule has 0 aliphatic heterocycles. The average Bonchev–Trinajstić information content (AvgIpc) is 3.02. The van der Waals surface area contributed by atoms with Crippen molar-refractivity contribution in [3.63, 3.8) is 0 Å². The normalized spacial score (nSPS) is 9.61. The highest BCUT2D eigenvalue weighted by Crippen LogP contribution is 2.25. The summed E-state index contributed by atoms with van der Waals surface area (Å²) < 4.78 is 24.8. The van der Waals surface area contributed by atoms with Crippen molar-refractivity contribution < 1.29 is 62.7 Å². The molecule has 0 atom stereocenters. The lowest BCUT2D eigenvalue weighted by molar-refractivity contribution is -0.157. The number of rotatable bonds is 17. The topological polar surface area (TPSA) is 189 Å². The van der Waals surface area contributed by atoms with Crippen LogP contribution in [-0.4, -0.2) is 85.7 Å². The van der Waals surface area contributed by atoms with Crippen molar-refractivity contribution in [1.82, 2.24) is 0 Å². The molecule has 0 aromatic heterocycles. The molecule has 278 valence electrons. The second-order valence-corrected chi connectivity index (χ2v) is 11.4. The van der Waals surface area contributed by atoms with Crippen LogP contribution in [0.2, 0.25) is 0 Å². The third kappa shape index (κ3) is 30.3. The summed E-state index contributed by atoms with van der Waals surface area (Å²) in [7, 11) is 0. The Hall–Kier alpha value is -4.78. The maximum absolute atomic E-state index is 11.6. The summed E-state index contributed by atoms with van der Waals surface area (Å²) in [5.41, 5.74) is 0.870. The van der Waals surface area contributed by atoms with Gasteiger partial charge >= 0.3 is 35.8 Å². The zero-order chi connectivity index (χ0) is 39.5. The second kappa shape index (κ2) is 28.3. The molecule has 0 bridgehead atoms. The number of aliphatic hydroxyl groups excluding tert-OH is 1. The lowest BCUT2D eigenvalue weighted by Crippen LogP contribution is -2.39. The van der Waals surface area contributed by atoms with Crippen LogP contribution in [0.15, 0.2) is 72.9 Å². The zero-order valence-electron chi connectivity index (χ0n) is 30.7. The van der Waals surface area contributed by atoms with Gasteiger partial charge in [0.1, 0.15) is 26.4 Å². The van der Waals surface area contributed by atoms with Crippen LogP contribution in [0.25, 0.3) is 0 Å². The first-order chi connectivity index (χ1) is 22.4. The molecule has 0 aliphatic rings. The SMILES string of the molecule is C=C(C)C(=O)O.C=C(C)C(=O)OCC(C)C.C=C(C)C(=O)OCC(CC)(COC(=O)C(=C)C)COC(=O)C(=C)C.C=C(C)C(=O)OCCO. The van der Waals surface area contributed by atoms with E-state index in [9.17, 15) is 28.8 Å². The van der Waals surface area contributed by atoms with Crippen molar-refractivity contribution in [3.8, 4) is 0 Å². The summed E-state index contributed by atoms with van der Waals surface area (Å²) >= 11 is 0. The van der Waals surface area contributed by atoms with Gasteiger partial charge in [0.15, 0.2) is 0 Å². The van der Waals surface area contributed by atoms with Crippen LogP contribution in [0.3, 0.4) is 0 Å². The third-order valence-electron chi connectivity index (χ3n) is 5.26. The number of esters is 5. The Kier molecular flexibility index (Phi) is 29.4. The van der Waals surface area contributed by atoms with Crippen LogP contribution in [0.5, 0.6) is 0 Å². The first kappa shape index (κ1) is 51.1. The number of aliphatic carboxylic acids is 1. The minimum absolute atomic E-state index is 0.0473. The summed E-state index contributed by atoms with van der Waals surface area (Å²) in [5, 5.41) is 16.1. The fourth-order valence-electron chi connectivity index (χ4n) is 2.08. The molecular weight excluding hydrogens is 640 g/mol.